The molecule has 29 heavy (non-hydrogen) atoms. The van der Waals surface area contributed by atoms with Crippen molar-refractivity contribution in [3.05, 3.63) is 23.9 Å². The van der Waals surface area contributed by atoms with Crippen LogP contribution in [0.3, 0.4) is 0 Å². The summed E-state index contributed by atoms with van der Waals surface area (Å²) in [6, 6.07) is 2.34. The topological polar surface area (TPSA) is 84.8 Å². The molecule has 1 saturated carbocycles. The van der Waals surface area contributed by atoms with Crippen LogP contribution in [0, 0.1) is 5.92 Å². The molecule has 0 bridgehead atoms. The van der Waals surface area contributed by atoms with Crippen LogP contribution in [0.2, 0.25) is 0 Å². The molecule has 0 spiro atoms. The molecule has 1 aromatic heterocycles. The molecule has 2 rings (SSSR count). The van der Waals surface area contributed by atoms with Crippen molar-refractivity contribution in [2.45, 2.75) is 44.8 Å². The van der Waals surface area contributed by atoms with Gasteiger partial charge in [0.25, 0.3) is 0 Å². The maximum Gasteiger partial charge on any atom is 0.417 e. The Morgan fingerprint density at radius 2 is 2.00 bits per heavy atom. The summed E-state index contributed by atoms with van der Waals surface area (Å²) in [5.74, 6) is 0.573. The normalized spacial score (nSPS) is 20.1. The highest BCUT2D eigenvalue weighted by Crippen LogP contribution is 2.29. The summed E-state index contributed by atoms with van der Waals surface area (Å²) < 4.78 is 47.9. The highest BCUT2D eigenvalue weighted by molar-refractivity contribution is 5.80. The maximum atomic E-state index is 12.5. The van der Waals surface area contributed by atoms with Crippen LogP contribution in [-0.2, 0) is 15.7 Å². The van der Waals surface area contributed by atoms with Gasteiger partial charge < -0.3 is 20.1 Å². The minimum Gasteiger partial charge on any atom is -0.476 e. The number of pyridine rings is 1. The molecule has 0 atom stereocenters. The number of aliphatic imine (C=N–C) groups is 1. The minimum absolute atomic E-state index is 0.0346. The van der Waals surface area contributed by atoms with Crippen LogP contribution >= 0.6 is 0 Å². The molecule has 162 valence electrons. The molecule has 0 unspecified atom stereocenters. The number of aromatic nitrogens is 1. The van der Waals surface area contributed by atoms with Crippen LogP contribution in [0.25, 0.3) is 0 Å². The Morgan fingerprint density at radius 1 is 1.28 bits per heavy atom. The fourth-order valence-electron chi connectivity index (χ4n) is 3.08. The third-order valence-electron chi connectivity index (χ3n) is 4.62. The summed E-state index contributed by atoms with van der Waals surface area (Å²) in [7, 11) is 1.65. The molecule has 0 aromatic carbocycles. The molecular weight excluding hydrogens is 389 g/mol. The average molecular weight is 416 g/mol. The SMILES string of the molecule is CCOC(=O)C1CCC(NC(=NC)NCCOc2ccc(C(F)(F)F)cn2)CC1. The number of halogens is 3. The fourth-order valence-corrected chi connectivity index (χ4v) is 3.08. The van der Waals surface area contributed by atoms with E-state index in [9.17, 15) is 18.0 Å². The second kappa shape index (κ2) is 10.9. The molecule has 0 radical (unpaired) electrons. The number of hydrogen-bond acceptors (Lipinski definition) is 5. The van der Waals surface area contributed by atoms with Crippen molar-refractivity contribution in [2.75, 3.05) is 26.8 Å². The van der Waals surface area contributed by atoms with Crippen LogP contribution in [0.1, 0.15) is 38.2 Å². The van der Waals surface area contributed by atoms with Crippen molar-refractivity contribution < 1.29 is 27.4 Å². The number of nitrogens with one attached hydrogen (secondary N) is 2. The number of guanidine groups is 1. The average Bonchev–Trinajstić information content (AvgIpc) is 2.70. The van der Waals surface area contributed by atoms with Gasteiger partial charge in [-0.25, -0.2) is 4.98 Å². The fraction of sp³-hybridized carbons (Fsp3) is 0.632. The smallest absolute Gasteiger partial charge is 0.417 e. The summed E-state index contributed by atoms with van der Waals surface area (Å²) in [5.41, 5.74) is -0.815. The lowest BCUT2D eigenvalue weighted by Crippen LogP contribution is -2.46. The molecular formula is C19H27F3N4O3. The van der Waals surface area contributed by atoms with Crippen molar-refractivity contribution in [3.8, 4) is 5.88 Å². The molecule has 0 aliphatic heterocycles. The highest BCUT2D eigenvalue weighted by atomic mass is 19.4. The van der Waals surface area contributed by atoms with Gasteiger partial charge >= 0.3 is 12.1 Å². The summed E-state index contributed by atoms with van der Waals surface area (Å²) >= 11 is 0. The zero-order valence-electron chi connectivity index (χ0n) is 16.6. The summed E-state index contributed by atoms with van der Waals surface area (Å²) in [6.07, 6.45) is -0.435. The van der Waals surface area contributed by atoms with E-state index in [1.807, 2.05) is 0 Å². The molecule has 7 nitrogen and oxygen atoms in total. The monoisotopic (exact) mass is 416 g/mol. The van der Waals surface area contributed by atoms with Gasteiger partial charge in [-0.1, -0.05) is 0 Å². The lowest BCUT2D eigenvalue weighted by Gasteiger charge is -2.29. The van der Waals surface area contributed by atoms with E-state index >= 15 is 0 Å². The van der Waals surface area contributed by atoms with Crippen molar-refractivity contribution in [1.29, 1.82) is 0 Å². The van der Waals surface area contributed by atoms with Crippen LogP contribution in [-0.4, -0.2) is 49.8 Å². The van der Waals surface area contributed by atoms with E-state index in [2.05, 4.69) is 20.6 Å². The molecule has 1 aromatic rings. The summed E-state index contributed by atoms with van der Waals surface area (Å²) in [5, 5.41) is 6.40. The molecule has 0 saturated heterocycles. The Morgan fingerprint density at radius 3 is 2.55 bits per heavy atom. The lowest BCUT2D eigenvalue weighted by molar-refractivity contribution is -0.149. The molecule has 1 aliphatic rings. The number of carbonyl (C=O) groups is 1. The van der Waals surface area contributed by atoms with E-state index in [0.29, 0.717) is 19.1 Å². The molecule has 1 heterocycles. The minimum atomic E-state index is -4.42. The van der Waals surface area contributed by atoms with E-state index in [-0.39, 0.29) is 30.4 Å². The van der Waals surface area contributed by atoms with Gasteiger partial charge in [0.1, 0.15) is 6.61 Å². The van der Waals surface area contributed by atoms with Gasteiger partial charge in [0.05, 0.1) is 24.6 Å². The first-order chi connectivity index (χ1) is 13.8. The first kappa shape index (κ1) is 22.8. The third kappa shape index (κ3) is 7.43. The number of rotatable bonds is 7. The number of carbonyl (C=O) groups excluding carboxylic acids is 1. The second-order valence-corrected chi connectivity index (χ2v) is 6.68. The van der Waals surface area contributed by atoms with Crippen molar-refractivity contribution in [1.82, 2.24) is 15.6 Å². The predicted molar refractivity (Wildman–Crippen MR) is 102 cm³/mol. The Balaban J connectivity index is 1.67. The predicted octanol–water partition coefficient (Wildman–Crippen LogP) is 2.77. The van der Waals surface area contributed by atoms with Gasteiger partial charge in [-0.05, 0) is 38.7 Å². The number of alkyl halides is 3. The van der Waals surface area contributed by atoms with Crippen LogP contribution in [0.4, 0.5) is 13.2 Å². The number of nitrogens with zero attached hydrogens (tertiary/aromatic N) is 2. The van der Waals surface area contributed by atoms with Crippen molar-refractivity contribution >= 4 is 11.9 Å². The lowest BCUT2D eigenvalue weighted by atomic mass is 9.86. The van der Waals surface area contributed by atoms with Crippen molar-refractivity contribution in [3.63, 3.8) is 0 Å². The van der Waals surface area contributed by atoms with Gasteiger partial charge in [-0.3, -0.25) is 9.79 Å². The largest absolute Gasteiger partial charge is 0.476 e. The van der Waals surface area contributed by atoms with Gasteiger partial charge in [-0.15, -0.1) is 0 Å². The first-order valence-electron chi connectivity index (χ1n) is 9.63. The maximum absolute atomic E-state index is 12.5. The van der Waals surface area contributed by atoms with Gasteiger partial charge in [0, 0.05) is 25.4 Å². The first-order valence-corrected chi connectivity index (χ1v) is 9.63. The Labute approximate surface area is 168 Å². The van der Waals surface area contributed by atoms with Crippen molar-refractivity contribution in [2.24, 2.45) is 10.9 Å². The molecule has 1 fully saturated rings. The van der Waals surface area contributed by atoms with E-state index in [4.69, 9.17) is 9.47 Å². The number of esters is 1. The van der Waals surface area contributed by atoms with Gasteiger partial charge in [-0.2, -0.15) is 13.2 Å². The third-order valence-corrected chi connectivity index (χ3v) is 4.62. The molecule has 1 aliphatic carbocycles. The van der Waals surface area contributed by atoms with E-state index in [1.165, 1.54) is 6.07 Å². The van der Waals surface area contributed by atoms with Crippen LogP contribution in [0.5, 0.6) is 5.88 Å². The molecule has 2 N–H and O–H groups in total. The van der Waals surface area contributed by atoms with Crippen LogP contribution < -0.4 is 15.4 Å². The Hall–Kier alpha value is -2.52. The zero-order chi connectivity index (χ0) is 21.3. The Kier molecular flexibility index (Phi) is 8.53. The number of hydrogen-bond donors (Lipinski definition) is 2. The molecule has 10 heteroatoms. The zero-order valence-corrected chi connectivity index (χ0v) is 16.6. The molecule has 0 amide bonds. The Bertz CT molecular complexity index is 672. The quantitative estimate of drug-likeness (QED) is 0.308. The van der Waals surface area contributed by atoms with E-state index in [0.717, 1.165) is 37.9 Å². The van der Waals surface area contributed by atoms with E-state index < -0.39 is 11.7 Å². The summed E-state index contributed by atoms with van der Waals surface area (Å²) in [6.45, 7) is 2.82. The van der Waals surface area contributed by atoms with Gasteiger partial charge in [0.15, 0.2) is 5.96 Å². The number of ether oxygens (including phenoxy) is 2. The standard InChI is InChI=1S/C19H27F3N4O3/c1-3-28-17(27)13-4-7-15(8-5-13)26-18(23-2)24-10-11-29-16-9-6-14(12-25-16)19(20,21)22/h6,9,12-13,15H,3-5,7-8,10-11H2,1-2H3,(H2,23,24,26). The second-order valence-electron chi connectivity index (χ2n) is 6.68. The van der Waals surface area contributed by atoms with E-state index in [1.54, 1.807) is 14.0 Å². The highest BCUT2D eigenvalue weighted by Gasteiger charge is 2.30. The summed E-state index contributed by atoms with van der Waals surface area (Å²) in [4.78, 5) is 19.6. The van der Waals surface area contributed by atoms with Gasteiger partial charge in [0.2, 0.25) is 5.88 Å². The van der Waals surface area contributed by atoms with Crippen LogP contribution in [0.15, 0.2) is 23.3 Å².